The lowest BCUT2D eigenvalue weighted by molar-refractivity contribution is -0.165. The second-order valence-electron chi connectivity index (χ2n) is 9.47. The molecule has 0 unspecified atom stereocenters. The van der Waals surface area contributed by atoms with Crippen LogP contribution >= 0.6 is 0 Å². The fourth-order valence-electron chi connectivity index (χ4n) is 5.18. The molecular formula is C26H28N2O6. The Hall–Kier alpha value is -3.39. The highest BCUT2D eigenvalue weighted by Gasteiger charge is 2.47. The van der Waals surface area contributed by atoms with Crippen LogP contribution in [-0.2, 0) is 14.3 Å². The number of rotatable bonds is 6. The number of carboxylic acid groups (broad SMARTS) is 1. The minimum absolute atomic E-state index is 0.00282. The Balaban J connectivity index is 1.08. The fourth-order valence-corrected chi connectivity index (χ4v) is 5.18. The molecule has 2 aromatic carbocycles. The summed E-state index contributed by atoms with van der Waals surface area (Å²) in [5.74, 6) is -1.40. The van der Waals surface area contributed by atoms with Gasteiger partial charge in [0.25, 0.3) is 0 Å². The predicted octanol–water partition coefficient (Wildman–Crippen LogP) is 2.60. The van der Waals surface area contributed by atoms with Crippen molar-refractivity contribution in [3.05, 3.63) is 59.7 Å². The normalized spacial score (nSPS) is 22.4. The van der Waals surface area contributed by atoms with E-state index in [1.165, 1.54) is 11.1 Å². The number of alkyl carbamates (subject to hydrolysis) is 1. The van der Waals surface area contributed by atoms with Gasteiger partial charge in [-0.25, -0.2) is 9.59 Å². The molecule has 1 saturated heterocycles. The smallest absolute Gasteiger partial charge is 0.407 e. The molecule has 1 aliphatic heterocycles. The van der Waals surface area contributed by atoms with E-state index in [9.17, 15) is 19.5 Å². The van der Waals surface area contributed by atoms with Crippen LogP contribution in [0.2, 0.25) is 0 Å². The third kappa shape index (κ3) is 4.14. The number of carbonyl (C=O) groups is 3. The van der Waals surface area contributed by atoms with E-state index in [0.29, 0.717) is 13.0 Å². The van der Waals surface area contributed by atoms with E-state index in [1.807, 2.05) is 24.3 Å². The van der Waals surface area contributed by atoms with Gasteiger partial charge >= 0.3 is 12.1 Å². The van der Waals surface area contributed by atoms with Gasteiger partial charge in [-0.1, -0.05) is 48.5 Å². The van der Waals surface area contributed by atoms with E-state index in [1.54, 1.807) is 4.90 Å². The molecule has 3 aliphatic rings. The van der Waals surface area contributed by atoms with Gasteiger partial charge in [-0.15, -0.1) is 0 Å². The maximum atomic E-state index is 12.7. The maximum absolute atomic E-state index is 12.7. The number of ether oxygens (including phenoxy) is 1. The zero-order valence-corrected chi connectivity index (χ0v) is 18.8. The molecule has 2 amide bonds. The zero-order valence-electron chi connectivity index (χ0n) is 18.8. The average Bonchev–Trinajstić information content (AvgIpc) is 3.56. The summed E-state index contributed by atoms with van der Waals surface area (Å²) in [6, 6.07) is 16.3. The SMILES string of the molecule is O=C(NC[C@H]1C[C@H]1C(=O)N1CCC(O)(C(=O)O)CC1)OCC1c2ccccc2-c2ccccc21. The van der Waals surface area contributed by atoms with E-state index in [-0.39, 0.29) is 56.2 Å². The first kappa shape index (κ1) is 22.4. The number of carboxylic acids is 1. The van der Waals surface area contributed by atoms with Crippen LogP contribution in [0.4, 0.5) is 4.79 Å². The molecule has 2 aromatic rings. The summed E-state index contributed by atoms with van der Waals surface area (Å²) >= 11 is 0. The molecular weight excluding hydrogens is 436 g/mol. The Labute approximate surface area is 197 Å². The maximum Gasteiger partial charge on any atom is 0.407 e. The number of benzene rings is 2. The largest absolute Gasteiger partial charge is 0.479 e. The number of hydrogen-bond donors (Lipinski definition) is 3. The van der Waals surface area contributed by atoms with Crippen LogP contribution < -0.4 is 5.32 Å². The van der Waals surface area contributed by atoms with Crippen molar-refractivity contribution in [2.45, 2.75) is 30.8 Å². The number of carbonyl (C=O) groups excluding carboxylic acids is 2. The molecule has 34 heavy (non-hydrogen) atoms. The van der Waals surface area contributed by atoms with Gasteiger partial charge in [0.05, 0.1) is 0 Å². The van der Waals surface area contributed by atoms with Crippen molar-refractivity contribution in [2.24, 2.45) is 11.8 Å². The Morgan fingerprint density at radius 3 is 2.18 bits per heavy atom. The molecule has 0 radical (unpaired) electrons. The van der Waals surface area contributed by atoms with Crippen LogP contribution in [0.15, 0.2) is 48.5 Å². The van der Waals surface area contributed by atoms with Crippen molar-refractivity contribution >= 4 is 18.0 Å². The topological polar surface area (TPSA) is 116 Å². The predicted molar refractivity (Wildman–Crippen MR) is 123 cm³/mol. The van der Waals surface area contributed by atoms with Gasteiger partial charge in [0, 0.05) is 44.3 Å². The highest BCUT2D eigenvalue weighted by atomic mass is 16.5. The van der Waals surface area contributed by atoms with Gasteiger partial charge in [0.15, 0.2) is 5.60 Å². The summed E-state index contributed by atoms with van der Waals surface area (Å²) in [5, 5.41) is 21.9. The number of amides is 2. The second-order valence-corrected chi connectivity index (χ2v) is 9.47. The first-order chi connectivity index (χ1) is 16.4. The third-order valence-corrected chi connectivity index (χ3v) is 7.39. The second kappa shape index (κ2) is 8.76. The van der Waals surface area contributed by atoms with E-state index in [4.69, 9.17) is 9.84 Å². The molecule has 3 N–H and O–H groups in total. The average molecular weight is 465 g/mol. The van der Waals surface area contributed by atoms with Crippen molar-refractivity contribution in [1.82, 2.24) is 10.2 Å². The van der Waals surface area contributed by atoms with E-state index in [0.717, 1.165) is 11.1 Å². The first-order valence-corrected chi connectivity index (χ1v) is 11.7. The van der Waals surface area contributed by atoms with Crippen LogP contribution in [0.25, 0.3) is 11.1 Å². The van der Waals surface area contributed by atoms with Crippen molar-refractivity contribution in [1.29, 1.82) is 0 Å². The molecule has 5 rings (SSSR count). The number of nitrogens with zero attached hydrogens (tertiary/aromatic N) is 1. The van der Waals surface area contributed by atoms with Crippen LogP contribution in [0.1, 0.15) is 36.3 Å². The molecule has 1 heterocycles. The Kier molecular flexibility index (Phi) is 5.77. The number of fused-ring (bicyclic) bond motifs is 3. The van der Waals surface area contributed by atoms with Gasteiger partial charge in [-0.3, -0.25) is 4.79 Å². The lowest BCUT2D eigenvalue weighted by Gasteiger charge is -2.35. The standard InChI is InChI=1S/C26H28N2O6/c29-23(28-11-9-26(33,10-12-28)24(30)31)21-13-16(21)14-27-25(32)34-15-22-19-7-3-1-5-17(19)18-6-2-4-8-20(18)22/h1-8,16,21-22,33H,9-15H2,(H,27,32)(H,30,31)/t16-,21-/m1/s1. The van der Waals surface area contributed by atoms with Crippen molar-refractivity contribution < 1.29 is 29.3 Å². The van der Waals surface area contributed by atoms with E-state index in [2.05, 4.69) is 29.6 Å². The van der Waals surface area contributed by atoms with Crippen LogP contribution in [0.5, 0.6) is 0 Å². The Morgan fingerprint density at radius 1 is 1.00 bits per heavy atom. The Bertz CT molecular complexity index is 1080. The van der Waals surface area contributed by atoms with Gasteiger partial charge in [0.1, 0.15) is 6.61 Å². The number of aliphatic carboxylic acids is 1. The molecule has 8 heteroatoms. The minimum Gasteiger partial charge on any atom is -0.479 e. The van der Waals surface area contributed by atoms with Gasteiger partial charge in [-0.2, -0.15) is 0 Å². The lowest BCUT2D eigenvalue weighted by atomic mass is 9.91. The molecule has 0 spiro atoms. The van der Waals surface area contributed by atoms with E-state index >= 15 is 0 Å². The summed E-state index contributed by atoms with van der Waals surface area (Å²) in [5.41, 5.74) is 2.91. The summed E-state index contributed by atoms with van der Waals surface area (Å²) in [4.78, 5) is 37.8. The first-order valence-electron chi connectivity index (χ1n) is 11.7. The number of likely N-dealkylation sites (tertiary alicyclic amines) is 1. The minimum atomic E-state index is -1.74. The van der Waals surface area contributed by atoms with Crippen LogP contribution in [-0.4, -0.2) is 64.9 Å². The highest BCUT2D eigenvalue weighted by Crippen LogP contribution is 2.44. The molecule has 0 aromatic heterocycles. The van der Waals surface area contributed by atoms with Crippen LogP contribution in [0.3, 0.4) is 0 Å². The number of piperidine rings is 1. The molecule has 178 valence electrons. The fraction of sp³-hybridized carbons (Fsp3) is 0.423. The third-order valence-electron chi connectivity index (χ3n) is 7.39. The molecule has 1 saturated carbocycles. The highest BCUT2D eigenvalue weighted by molar-refractivity contribution is 5.83. The monoisotopic (exact) mass is 464 g/mol. The molecule has 0 bridgehead atoms. The quantitative estimate of drug-likeness (QED) is 0.605. The molecule has 8 nitrogen and oxygen atoms in total. The van der Waals surface area contributed by atoms with E-state index < -0.39 is 17.7 Å². The van der Waals surface area contributed by atoms with Gasteiger partial charge in [0.2, 0.25) is 5.91 Å². The number of hydrogen-bond acceptors (Lipinski definition) is 5. The molecule has 2 fully saturated rings. The summed E-state index contributed by atoms with van der Waals surface area (Å²) in [7, 11) is 0. The Morgan fingerprint density at radius 2 is 1.59 bits per heavy atom. The zero-order chi connectivity index (χ0) is 23.9. The van der Waals surface area contributed by atoms with Crippen molar-refractivity contribution in [3.63, 3.8) is 0 Å². The lowest BCUT2D eigenvalue weighted by Crippen LogP contribution is -2.51. The molecule has 2 atom stereocenters. The van der Waals surface area contributed by atoms with Gasteiger partial charge in [-0.05, 0) is 34.6 Å². The number of nitrogens with one attached hydrogen (secondary N) is 1. The van der Waals surface area contributed by atoms with Gasteiger partial charge < -0.3 is 25.2 Å². The molecule has 2 aliphatic carbocycles. The summed E-state index contributed by atoms with van der Waals surface area (Å²) in [6.07, 6.45) is 0.249. The summed E-state index contributed by atoms with van der Waals surface area (Å²) < 4.78 is 5.55. The summed E-state index contributed by atoms with van der Waals surface area (Å²) in [6.45, 7) is 1.06. The number of aliphatic hydroxyl groups is 1. The van der Waals surface area contributed by atoms with Crippen LogP contribution in [0, 0.1) is 11.8 Å². The van der Waals surface area contributed by atoms with Crippen molar-refractivity contribution in [2.75, 3.05) is 26.2 Å². The van der Waals surface area contributed by atoms with Crippen molar-refractivity contribution in [3.8, 4) is 11.1 Å².